The molecule has 0 N–H and O–H groups in total. The standard InChI is InChI=1S/C17H24N2/c1-2-4-16(5-3-1)18-8-10-19(11-9-18)17-13-14-6-7-15(17)12-14/h1-5,14-15,17H,6-13H2/t14-,15-,17+/m1/s1. The number of rotatable bonds is 2. The van der Waals surface area contributed by atoms with Crippen LogP contribution in [0.2, 0.25) is 0 Å². The number of hydrogen-bond donors (Lipinski definition) is 0. The highest BCUT2D eigenvalue weighted by Gasteiger charge is 2.42. The smallest absolute Gasteiger partial charge is 0.0367 e. The van der Waals surface area contributed by atoms with E-state index in [-0.39, 0.29) is 0 Å². The van der Waals surface area contributed by atoms with E-state index in [4.69, 9.17) is 0 Å². The van der Waals surface area contributed by atoms with Gasteiger partial charge in [0.1, 0.15) is 0 Å². The molecular weight excluding hydrogens is 232 g/mol. The average molecular weight is 256 g/mol. The van der Waals surface area contributed by atoms with E-state index in [0.717, 1.165) is 17.9 Å². The Balaban J connectivity index is 1.38. The van der Waals surface area contributed by atoms with Crippen LogP contribution in [-0.2, 0) is 0 Å². The highest BCUT2D eigenvalue weighted by Crippen LogP contribution is 2.46. The lowest BCUT2D eigenvalue weighted by atomic mass is 9.93. The lowest BCUT2D eigenvalue weighted by Crippen LogP contribution is -2.51. The van der Waals surface area contributed by atoms with Gasteiger partial charge in [-0.15, -0.1) is 0 Å². The molecule has 3 fully saturated rings. The van der Waals surface area contributed by atoms with E-state index in [2.05, 4.69) is 40.1 Å². The first-order chi connectivity index (χ1) is 9.40. The van der Waals surface area contributed by atoms with Crippen LogP contribution in [0.3, 0.4) is 0 Å². The van der Waals surface area contributed by atoms with Gasteiger partial charge in [-0.25, -0.2) is 0 Å². The van der Waals surface area contributed by atoms with Gasteiger partial charge in [0, 0.05) is 37.9 Å². The van der Waals surface area contributed by atoms with Crippen molar-refractivity contribution in [2.75, 3.05) is 31.1 Å². The highest BCUT2D eigenvalue weighted by molar-refractivity contribution is 5.46. The first-order valence-electron chi connectivity index (χ1n) is 7.94. The first kappa shape index (κ1) is 11.8. The Morgan fingerprint density at radius 1 is 0.842 bits per heavy atom. The van der Waals surface area contributed by atoms with E-state index in [1.807, 2.05) is 0 Å². The van der Waals surface area contributed by atoms with Crippen LogP contribution < -0.4 is 4.90 Å². The molecule has 1 saturated heterocycles. The predicted octanol–water partition coefficient (Wildman–Crippen LogP) is 3.00. The Hall–Kier alpha value is -1.02. The van der Waals surface area contributed by atoms with Crippen LogP contribution in [0.15, 0.2) is 30.3 Å². The molecule has 1 aliphatic heterocycles. The maximum Gasteiger partial charge on any atom is 0.0367 e. The Morgan fingerprint density at radius 2 is 1.63 bits per heavy atom. The minimum Gasteiger partial charge on any atom is -0.369 e. The normalized spacial score (nSPS) is 34.9. The number of benzene rings is 1. The Labute approximate surface area is 116 Å². The van der Waals surface area contributed by atoms with Crippen molar-refractivity contribution in [3.05, 3.63) is 30.3 Å². The number of para-hydroxylation sites is 1. The molecule has 2 heteroatoms. The molecule has 4 rings (SSSR count). The van der Waals surface area contributed by atoms with Crippen molar-refractivity contribution in [3.63, 3.8) is 0 Å². The number of nitrogens with zero attached hydrogens (tertiary/aromatic N) is 2. The number of hydrogen-bond acceptors (Lipinski definition) is 2. The summed E-state index contributed by atoms with van der Waals surface area (Å²) in [4.78, 5) is 5.34. The highest BCUT2D eigenvalue weighted by atomic mass is 15.3. The lowest BCUT2D eigenvalue weighted by Gasteiger charge is -2.41. The van der Waals surface area contributed by atoms with Gasteiger partial charge in [0.05, 0.1) is 0 Å². The van der Waals surface area contributed by atoms with E-state index >= 15 is 0 Å². The second kappa shape index (κ2) is 4.82. The average Bonchev–Trinajstić information content (AvgIpc) is 3.11. The van der Waals surface area contributed by atoms with Crippen molar-refractivity contribution in [1.29, 1.82) is 0 Å². The Morgan fingerprint density at radius 3 is 2.26 bits per heavy atom. The zero-order valence-electron chi connectivity index (χ0n) is 11.7. The van der Waals surface area contributed by atoms with Gasteiger partial charge in [-0.05, 0) is 43.2 Å². The second-order valence-electron chi connectivity index (χ2n) is 6.60. The van der Waals surface area contributed by atoms with Crippen LogP contribution in [0, 0.1) is 11.8 Å². The van der Waals surface area contributed by atoms with E-state index in [1.165, 1.54) is 57.5 Å². The third-order valence-corrected chi connectivity index (χ3v) is 5.61. The summed E-state index contributed by atoms with van der Waals surface area (Å²) in [6, 6.07) is 11.8. The zero-order chi connectivity index (χ0) is 12.7. The summed E-state index contributed by atoms with van der Waals surface area (Å²) in [5, 5.41) is 0. The van der Waals surface area contributed by atoms with E-state index in [1.54, 1.807) is 0 Å². The van der Waals surface area contributed by atoms with Crippen molar-refractivity contribution >= 4 is 5.69 Å². The van der Waals surface area contributed by atoms with Gasteiger partial charge in [-0.1, -0.05) is 24.6 Å². The van der Waals surface area contributed by atoms with Gasteiger partial charge in [0.2, 0.25) is 0 Å². The Bertz CT molecular complexity index is 422. The van der Waals surface area contributed by atoms with Gasteiger partial charge >= 0.3 is 0 Å². The van der Waals surface area contributed by atoms with E-state index in [0.29, 0.717) is 0 Å². The molecule has 2 nitrogen and oxygen atoms in total. The molecule has 0 radical (unpaired) electrons. The molecule has 0 unspecified atom stereocenters. The fraction of sp³-hybridized carbons (Fsp3) is 0.647. The minimum absolute atomic E-state index is 0.927. The molecule has 102 valence electrons. The minimum atomic E-state index is 0.927. The van der Waals surface area contributed by atoms with Crippen LogP contribution in [0.1, 0.15) is 25.7 Å². The van der Waals surface area contributed by atoms with Crippen LogP contribution >= 0.6 is 0 Å². The number of anilines is 1. The van der Waals surface area contributed by atoms with E-state index in [9.17, 15) is 0 Å². The zero-order valence-corrected chi connectivity index (χ0v) is 11.7. The van der Waals surface area contributed by atoms with Gasteiger partial charge in [0.15, 0.2) is 0 Å². The largest absolute Gasteiger partial charge is 0.369 e. The molecule has 2 aliphatic carbocycles. The molecule has 3 aliphatic rings. The fourth-order valence-corrected chi connectivity index (χ4v) is 4.61. The van der Waals surface area contributed by atoms with Gasteiger partial charge in [-0.2, -0.15) is 0 Å². The molecule has 0 amide bonds. The monoisotopic (exact) mass is 256 g/mol. The molecule has 1 aromatic rings. The molecule has 2 saturated carbocycles. The summed E-state index contributed by atoms with van der Waals surface area (Å²) >= 11 is 0. The molecule has 0 spiro atoms. The third kappa shape index (κ3) is 2.16. The Kier molecular flexibility index (Phi) is 2.99. The van der Waals surface area contributed by atoms with Crippen molar-refractivity contribution in [1.82, 2.24) is 4.90 Å². The van der Waals surface area contributed by atoms with Crippen molar-refractivity contribution in [3.8, 4) is 0 Å². The maximum absolute atomic E-state index is 2.79. The summed E-state index contributed by atoms with van der Waals surface area (Å²) in [5.74, 6) is 2.11. The van der Waals surface area contributed by atoms with E-state index < -0.39 is 0 Å². The van der Waals surface area contributed by atoms with Crippen molar-refractivity contribution < 1.29 is 0 Å². The summed E-state index contributed by atoms with van der Waals surface area (Å²) in [6.07, 6.45) is 6.05. The topological polar surface area (TPSA) is 6.48 Å². The lowest BCUT2D eigenvalue weighted by molar-refractivity contribution is 0.135. The fourth-order valence-electron chi connectivity index (χ4n) is 4.61. The first-order valence-corrected chi connectivity index (χ1v) is 7.94. The van der Waals surface area contributed by atoms with Gasteiger partial charge in [-0.3, -0.25) is 4.90 Å². The van der Waals surface area contributed by atoms with Crippen LogP contribution in [0.5, 0.6) is 0 Å². The molecule has 0 aromatic heterocycles. The van der Waals surface area contributed by atoms with Crippen molar-refractivity contribution in [2.24, 2.45) is 11.8 Å². The molecule has 1 heterocycles. The van der Waals surface area contributed by atoms with Gasteiger partial charge in [0.25, 0.3) is 0 Å². The molecule has 3 atom stereocenters. The van der Waals surface area contributed by atoms with Crippen LogP contribution in [0.25, 0.3) is 0 Å². The van der Waals surface area contributed by atoms with Crippen LogP contribution in [-0.4, -0.2) is 37.1 Å². The second-order valence-corrected chi connectivity index (χ2v) is 6.60. The summed E-state index contributed by atoms with van der Waals surface area (Å²) in [7, 11) is 0. The molecule has 1 aromatic carbocycles. The SMILES string of the molecule is c1ccc(N2CCN([C@H]3C[C@@H]4CC[C@@H]3C4)CC2)cc1. The van der Waals surface area contributed by atoms with Crippen molar-refractivity contribution in [2.45, 2.75) is 31.7 Å². The van der Waals surface area contributed by atoms with Gasteiger partial charge < -0.3 is 4.90 Å². The molecular formula is C17H24N2. The molecule has 19 heavy (non-hydrogen) atoms. The quantitative estimate of drug-likeness (QED) is 0.802. The molecule has 2 bridgehead atoms. The number of piperazine rings is 1. The summed E-state index contributed by atoms with van der Waals surface area (Å²) in [5.41, 5.74) is 1.40. The summed E-state index contributed by atoms with van der Waals surface area (Å²) in [6.45, 7) is 4.95. The number of fused-ring (bicyclic) bond motifs is 2. The summed E-state index contributed by atoms with van der Waals surface area (Å²) < 4.78 is 0. The van der Waals surface area contributed by atoms with Crippen LogP contribution in [0.4, 0.5) is 5.69 Å². The maximum atomic E-state index is 2.79. The third-order valence-electron chi connectivity index (χ3n) is 5.61. The predicted molar refractivity (Wildman–Crippen MR) is 79.5 cm³/mol.